The summed E-state index contributed by atoms with van der Waals surface area (Å²) in [5.74, 6) is 0.292. The molecule has 0 saturated carbocycles. The lowest BCUT2D eigenvalue weighted by molar-refractivity contribution is -0.128. The highest BCUT2D eigenvalue weighted by Crippen LogP contribution is 2.24. The average Bonchev–Trinajstić information content (AvgIpc) is 2.78. The molecule has 3 rings (SSSR count). The van der Waals surface area contributed by atoms with Crippen molar-refractivity contribution < 1.29 is 14.3 Å². The third-order valence-corrected chi connectivity index (χ3v) is 5.94. The number of rotatable bonds is 7. The van der Waals surface area contributed by atoms with Crippen molar-refractivity contribution in [3.05, 3.63) is 42.0 Å². The molecule has 29 heavy (non-hydrogen) atoms. The number of methoxy groups -OCH3 is 1. The van der Waals surface area contributed by atoms with Crippen LogP contribution < -0.4 is 5.32 Å². The average molecular weight is 400 g/mol. The molecule has 2 aliphatic heterocycles. The Labute approximate surface area is 173 Å². The van der Waals surface area contributed by atoms with Crippen molar-refractivity contribution in [2.24, 2.45) is 5.92 Å². The summed E-state index contributed by atoms with van der Waals surface area (Å²) in [6.45, 7) is 4.56. The molecule has 0 bridgehead atoms. The Bertz CT molecular complexity index is 684. The van der Waals surface area contributed by atoms with Gasteiger partial charge in [0.05, 0.1) is 12.5 Å². The number of nitrogens with zero attached hydrogens (tertiary/aromatic N) is 2. The van der Waals surface area contributed by atoms with Crippen LogP contribution in [0.2, 0.25) is 0 Å². The zero-order chi connectivity index (χ0) is 20.5. The van der Waals surface area contributed by atoms with Crippen LogP contribution in [0.3, 0.4) is 0 Å². The van der Waals surface area contributed by atoms with Gasteiger partial charge in [0.2, 0.25) is 11.8 Å². The van der Waals surface area contributed by atoms with E-state index in [4.69, 9.17) is 4.74 Å². The molecule has 1 atom stereocenters. The van der Waals surface area contributed by atoms with Gasteiger partial charge >= 0.3 is 0 Å². The number of nitrogens with one attached hydrogen (secondary N) is 1. The minimum atomic E-state index is 0.0640. The second-order valence-electron chi connectivity index (χ2n) is 7.92. The molecule has 0 spiro atoms. The highest BCUT2D eigenvalue weighted by atomic mass is 16.5. The van der Waals surface area contributed by atoms with Crippen molar-refractivity contribution >= 4 is 17.9 Å². The van der Waals surface area contributed by atoms with Crippen LogP contribution in [-0.2, 0) is 14.3 Å². The van der Waals surface area contributed by atoms with E-state index in [1.54, 1.807) is 13.2 Å². The molecule has 2 heterocycles. The van der Waals surface area contributed by atoms with Crippen molar-refractivity contribution in [3.8, 4) is 0 Å². The zero-order valence-corrected chi connectivity index (χ0v) is 17.4. The summed E-state index contributed by atoms with van der Waals surface area (Å²) in [7, 11) is 1.64. The Balaban J connectivity index is 1.44. The summed E-state index contributed by atoms with van der Waals surface area (Å²) >= 11 is 0. The van der Waals surface area contributed by atoms with Gasteiger partial charge in [-0.05, 0) is 43.9 Å². The summed E-state index contributed by atoms with van der Waals surface area (Å²) in [5.41, 5.74) is 1.04. The van der Waals surface area contributed by atoms with Crippen LogP contribution in [-0.4, -0.2) is 74.1 Å². The topological polar surface area (TPSA) is 61.9 Å². The van der Waals surface area contributed by atoms with E-state index in [0.29, 0.717) is 19.2 Å². The molecule has 2 saturated heterocycles. The molecule has 2 fully saturated rings. The van der Waals surface area contributed by atoms with E-state index < -0.39 is 0 Å². The smallest absolute Gasteiger partial charge is 0.246 e. The lowest BCUT2D eigenvalue weighted by Crippen LogP contribution is -2.51. The van der Waals surface area contributed by atoms with E-state index in [1.165, 1.54) is 0 Å². The highest BCUT2D eigenvalue weighted by Gasteiger charge is 2.32. The predicted octanol–water partition coefficient (Wildman–Crippen LogP) is 2.17. The number of piperidine rings is 2. The van der Waals surface area contributed by atoms with E-state index in [1.807, 2.05) is 41.3 Å². The number of likely N-dealkylation sites (tertiary alicyclic amines) is 2. The first kappa shape index (κ1) is 21.5. The van der Waals surface area contributed by atoms with E-state index in [-0.39, 0.29) is 17.7 Å². The molecule has 6 nitrogen and oxygen atoms in total. The van der Waals surface area contributed by atoms with Crippen LogP contribution in [0.1, 0.15) is 31.2 Å². The fourth-order valence-corrected chi connectivity index (χ4v) is 4.26. The maximum atomic E-state index is 12.5. The molecule has 1 aromatic carbocycles. The lowest BCUT2D eigenvalue weighted by atomic mass is 9.93. The Hall–Kier alpha value is -2.18. The molecule has 1 aromatic rings. The third kappa shape index (κ3) is 6.41. The number of benzene rings is 1. The van der Waals surface area contributed by atoms with Crippen LogP contribution in [0.25, 0.3) is 6.08 Å². The van der Waals surface area contributed by atoms with E-state index in [9.17, 15) is 9.59 Å². The molecule has 0 aliphatic carbocycles. The van der Waals surface area contributed by atoms with Crippen LogP contribution in [0.4, 0.5) is 0 Å². The van der Waals surface area contributed by atoms with Crippen LogP contribution >= 0.6 is 0 Å². The van der Waals surface area contributed by atoms with Gasteiger partial charge in [0.25, 0.3) is 0 Å². The SMILES string of the molecule is COCCNC(=O)[C@H]1CCCN(C2CCN(C(=O)/C=C/c3ccccc3)CC2)C1. The van der Waals surface area contributed by atoms with Gasteiger partial charge in [-0.25, -0.2) is 0 Å². The Morgan fingerprint density at radius 3 is 2.62 bits per heavy atom. The first-order chi connectivity index (χ1) is 14.2. The van der Waals surface area contributed by atoms with Crippen molar-refractivity contribution in [1.29, 1.82) is 0 Å². The molecule has 2 aliphatic rings. The van der Waals surface area contributed by atoms with Gasteiger partial charge in [-0.3, -0.25) is 14.5 Å². The number of carbonyl (C=O) groups is 2. The van der Waals surface area contributed by atoms with Gasteiger partial charge in [-0.1, -0.05) is 30.3 Å². The fraction of sp³-hybridized carbons (Fsp3) is 0.565. The van der Waals surface area contributed by atoms with E-state index >= 15 is 0 Å². The number of amides is 2. The molecule has 1 N–H and O–H groups in total. The second-order valence-corrected chi connectivity index (χ2v) is 7.92. The minimum absolute atomic E-state index is 0.0640. The van der Waals surface area contributed by atoms with Gasteiger partial charge < -0.3 is 15.0 Å². The molecule has 158 valence electrons. The van der Waals surface area contributed by atoms with Crippen molar-refractivity contribution in [2.75, 3.05) is 46.4 Å². The molecule has 2 amide bonds. The molecular weight excluding hydrogens is 366 g/mol. The van der Waals surface area contributed by atoms with Crippen molar-refractivity contribution in [2.45, 2.75) is 31.7 Å². The van der Waals surface area contributed by atoms with E-state index in [2.05, 4.69) is 10.2 Å². The second kappa shape index (κ2) is 11.1. The Morgan fingerprint density at radius 2 is 1.90 bits per heavy atom. The normalized spacial score (nSPS) is 21.4. The van der Waals surface area contributed by atoms with Gasteiger partial charge in [0.1, 0.15) is 0 Å². The van der Waals surface area contributed by atoms with E-state index in [0.717, 1.165) is 57.4 Å². The lowest BCUT2D eigenvalue weighted by Gasteiger charge is -2.41. The zero-order valence-electron chi connectivity index (χ0n) is 17.4. The largest absolute Gasteiger partial charge is 0.383 e. The molecule has 6 heteroatoms. The summed E-state index contributed by atoms with van der Waals surface area (Å²) in [4.78, 5) is 29.3. The molecule has 0 radical (unpaired) electrons. The first-order valence-corrected chi connectivity index (χ1v) is 10.7. The monoisotopic (exact) mass is 399 g/mol. The maximum absolute atomic E-state index is 12.5. The number of carbonyl (C=O) groups excluding carboxylic acids is 2. The van der Waals surface area contributed by atoms with Gasteiger partial charge in [0, 0.05) is 45.4 Å². The highest BCUT2D eigenvalue weighted by molar-refractivity contribution is 5.91. The number of hydrogen-bond donors (Lipinski definition) is 1. The molecule has 0 aromatic heterocycles. The van der Waals surface area contributed by atoms with Crippen molar-refractivity contribution in [1.82, 2.24) is 15.1 Å². The Kier molecular flexibility index (Phi) is 8.25. The first-order valence-electron chi connectivity index (χ1n) is 10.7. The van der Waals surface area contributed by atoms with Crippen LogP contribution in [0, 0.1) is 5.92 Å². The predicted molar refractivity (Wildman–Crippen MR) is 114 cm³/mol. The van der Waals surface area contributed by atoms with Crippen LogP contribution in [0.15, 0.2) is 36.4 Å². The Morgan fingerprint density at radius 1 is 1.14 bits per heavy atom. The number of hydrogen-bond acceptors (Lipinski definition) is 4. The standard InChI is InChI=1S/C23H33N3O3/c1-29-17-13-24-23(28)20-8-5-14-26(18-20)21-11-15-25(16-12-21)22(27)10-9-19-6-3-2-4-7-19/h2-4,6-7,9-10,20-21H,5,8,11-18H2,1H3,(H,24,28)/b10-9+/t20-/m0/s1. The van der Waals surface area contributed by atoms with Crippen LogP contribution in [0.5, 0.6) is 0 Å². The maximum Gasteiger partial charge on any atom is 0.246 e. The molecular formula is C23H33N3O3. The summed E-state index contributed by atoms with van der Waals surface area (Å²) in [5, 5.41) is 2.98. The fourth-order valence-electron chi connectivity index (χ4n) is 4.26. The van der Waals surface area contributed by atoms with Gasteiger partial charge in [-0.2, -0.15) is 0 Å². The minimum Gasteiger partial charge on any atom is -0.383 e. The van der Waals surface area contributed by atoms with Crippen molar-refractivity contribution in [3.63, 3.8) is 0 Å². The third-order valence-electron chi connectivity index (χ3n) is 5.94. The van der Waals surface area contributed by atoms with Gasteiger partial charge in [0.15, 0.2) is 0 Å². The van der Waals surface area contributed by atoms with Gasteiger partial charge in [-0.15, -0.1) is 0 Å². The number of ether oxygens (including phenoxy) is 1. The summed E-state index contributed by atoms with van der Waals surface area (Å²) < 4.78 is 5.01. The quantitative estimate of drug-likeness (QED) is 0.564. The molecule has 0 unspecified atom stereocenters. The summed E-state index contributed by atoms with van der Waals surface area (Å²) in [6.07, 6.45) is 7.52. The summed E-state index contributed by atoms with van der Waals surface area (Å²) in [6, 6.07) is 10.4.